The summed E-state index contributed by atoms with van der Waals surface area (Å²) in [5.41, 5.74) is 1.70. The van der Waals surface area contributed by atoms with Crippen molar-refractivity contribution >= 4 is 46.4 Å². The molecule has 1 saturated carbocycles. The molecule has 3 heterocycles. The van der Waals surface area contributed by atoms with Crippen LogP contribution >= 0.6 is 22.9 Å². The molecule has 0 aromatic carbocycles. The molecule has 1 fully saturated rings. The van der Waals surface area contributed by atoms with Crippen molar-refractivity contribution in [2.45, 2.75) is 51.6 Å². The Labute approximate surface area is 207 Å². The predicted molar refractivity (Wildman–Crippen MR) is 133 cm³/mol. The fourth-order valence-electron chi connectivity index (χ4n) is 4.10. The number of amides is 2. The Morgan fingerprint density at radius 1 is 1.26 bits per heavy atom. The summed E-state index contributed by atoms with van der Waals surface area (Å²) in [6.45, 7) is 2.44. The van der Waals surface area contributed by atoms with Gasteiger partial charge in [0.25, 0.3) is 5.91 Å². The second-order valence-corrected chi connectivity index (χ2v) is 10.2. The molecule has 34 heavy (non-hydrogen) atoms. The highest BCUT2D eigenvalue weighted by molar-refractivity contribution is 7.14. The van der Waals surface area contributed by atoms with E-state index in [0.29, 0.717) is 28.8 Å². The van der Waals surface area contributed by atoms with Crippen molar-refractivity contribution in [1.29, 1.82) is 0 Å². The monoisotopic (exact) mass is 501 g/mol. The fourth-order valence-corrected chi connectivity index (χ4v) is 5.11. The average Bonchev–Trinajstić information content (AvgIpc) is 3.56. The van der Waals surface area contributed by atoms with Crippen LogP contribution in [-0.2, 0) is 18.4 Å². The van der Waals surface area contributed by atoms with Crippen LogP contribution in [0.3, 0.4) is 0 Å². The summed E-state index contributed by atoms with van der Waals surface area (Å²) in [5.74, 6) is 0.0941. The van der Waals surface area contributed by atoms with Gasteiger partial charge in [0.2, 0.25) is 11.9 Å². The van der Waals surface area contributed by atoms with Gasteiger partial charge >= 0.3 is 0 Å². The van der Waals surface area contributed by atoms with Crippen molar-refractivity contribution in [2.75, 3.05) is 10.6 Å². The van der Waals surface area contributed by atoms with E-state index in [1.165, 1.54) is 22.3 Å². The van der Waals surface area contributed by atoms with Gasteiger partial charge in [0, 0.05) is 24.7 Å². The molecule has 0 unspecified atom stereocenters. The second kappa shape index (κ2) is 11.0. The number of rotatable bonds is 9. The molecule has 9 nitrogen and oxygen atoms in total. The average molecular weight is 502 g/mol. The van der Waals surface area contributed by atoms with Gasteiger partial charge in [0.05, 0.1) is 21.3 Å². The summed E-state index contributed by atoms with van der Waals surface area (Å²) < 4.78 is 1.52. The van der Waals surface area contributed by atoms with E-state index < -0.39 is 6.04 Å². The number of hydrogen-bond donors (Lipinski definition) is 3. The van der Waals surface area contributed by atoms with Crippen molar-refractivity contribution in [3.05, 3.63) is 51.2 Å². The first-order chi connectivity index (χ1) is 16.4. The van der Waals surface area contributed by atoms with E-state index in [0.717, 1.165) is 41.9 Å². The van der Waals surface area contributed by atoms with Crippen LogP contribution in [0, 0.1) is 12.8 Å². The minimum absolute atomic E-state index is 0.230. The van der Waals surface area contributed by atoms with E-state index in [9.17, 15) is 9.59 Å². The molecule has 0 spiro atoms. The van der Waals surface area contributed by atoms with Gasteiger partial charge < -0.3 is 10.6 Å². The number of carbonyl (C=O) groups is 2. The Morgan fingerprint density at radius 3 is 2.79 bits per heavy atom. The van der Waals surface area contributed by atoms with Crippen molar-refractivity contribution < 1.29 is 9.59 Å². The van der Waals surface area contributed by atoms with Gasteiger partial charge in [0.1, 0.15) is 12.4 Å². The normalized spacial score (nSPS) is 14.7. The molecule has 1 aliphatic carbocycles. The number of aromatic nitrogens is 4. The van der Waals surface area contributed by atoms with Gasteiger partial charge in [-0.05, 0) is 37.5 Å². The molecule has 2 amide bonds. The third-order valence-electron chi connectivity index (χ3n) is 5.89. The molecule has 4 rings (SSSR count). The molecule has 11 heteroatoms. The first-order valence-electron chi connectivity index (χ1n) is 11.3. The molecular weight excluding hydrogens is 474 g/mol. The van der Waals surface area contributed by atoms with E-state index >= 15 is 0 Å². The SMILES string of the molecule is Cc1ncc(Cl)cc1NCc1ccc(C(=O)N[C@@H](CC2CCCC2)C(=O)Nc2ncn(C)n2)s1. The topological polar surface area (TPSA) is 114 Å². The van der Waals surface area contributed by atoms with Crippen LogP contribution in [-0.4, -0.2) is 37.6 Å². The van der Waals surface area contributed by atoms with Crippen LogP contribution in [0.1, 0.15) is 52.3 Å². The molecule has 3 N–H and O–H groups in total. The third kappa shape index (κ3) is 6.32. The molecular formula is C23H28ClN7O2S. The molecule has 0 aliphatic heterocycles. The highest BCUT2D eigenvalue weighted by atomic mass is 35.5. The van der Waals surface area contributed by atoms with Crippen LogP contribution in [0.2, 0.25) is 5.02 Å². The largest absolute Gasteiger partial charge is 0.379 e. The number of hydrogen-bond acceptors (Lipinski definition) is 7. The lowest BCUT2D eigenvalue weighted by Gasteiger charge is -2.20. The van der Waals surface area contributed by atoms with E-state index in [1.54, 1.807) is 19.3 Å². The molecule has 0 saturated heterocycles. The maximum atomic E-state index is 13.0. The number of carbonyl (C=O) groups excluding carboxylic acids is 2. The van der Waals surface area contributed by atoms with Crippen molar-refractivity contribution in [1.82, 2.24) is 25.1 Å². The van der Waals surface area contributed by atoms with Gasteiger partial charge in [0.15, 0.2) is 0 Å². The zero-order valence-electron chi connectivity index (χ0n) is 19.2. The van der Waals surface area contributed by atoms with E-state index in [-0.39, 0.29) is 17.8 Å². The smallest absolute Gasteiger partial charge is 0.262 e. The second-order valence-electron chi connectivity index (χ2n) is 8.55. The number of pyridine rings is 1. The molecule has 0 radical (unpaired) electrons. The lowest BCUT2D eigenvalue weighted by molar-refractivity contribution is -0.118. The van der Waals surface area contributed by atoms with E-state index in [2.05, 4.69) is 31.0 Å². The van der Waals surface area contributed by atoms with Gasteiger partial charge in [-0.1, -0.05) is 37.3 Å². The highest BCUT2D eigenvalue weighted by Crippen LogP contribution is 2.29. The van der Waals surface area contributed by atoms with Crippen LogP contribution in [0.4, 0.5) is 11.6 Å². The Kier molecular flexibility index (Phi) is 7.79. The first kappa shape index (κ1) is 24.2. The van der Waals surface area contributed by atoms with Crippen LogP contribution in [0.25, 0.3) is 0 Å². The molecule has 3 aromatic rings. The standard InChI is InChI=1S/C23H28ClN7O2S/c1-14-18(10-16(24)11-25-14)26-12-17-7-8-20(34-17)22(33)28-19(9-15-5-3-4-6-15)21(32)29-23-27-13-31(2)30-23/h7-8,10-11,13,15,19,26H,3-6,9,12H2,1-2H3,(H,28,33)(H,29,30,32)/t19-/m0/s1. The zero-order chi connectivity index (χ0) is 24.1. The quantitative estimate of drug-likeness (QED) is 0.405. The molecule has 0 bridgehead atoms. The maximum absolute atomic E-state index is 13.0. The van der Waals surface area contributed by atoms with Gasteiger partial charge in [-0.25, -0.2) is 4.98 Å². The van der Waals surface area contributed by atoms with Gasteiger partial charge in [-0.2, -0.15) is 0 Å². The maximum Gasteiger partial charge on any atom is 0.262 e. The highest BCUT2D eigenvalue weighted by Gasteiger charge is 2.28. The summed E-state index contributed by atoms with van der Waals surface area (Å²) in [6.07, 6.45) is 8.21. The number of anilines is 2. The zero-order valence-corrected chi connectivity index (χ0v) is 20.7. The predicted octanol–water partition coefficient (Wildman–Crippen LogP) is 4.16. The van der Waals surface area contributed by atoms with Crippen LogP contribution in [0.15, 0.2) is 30.7 Å². The number of thiophene rings is 1. The Balaban J connectivity index is 1.39. The Morgan fingerprint density at radius 2 is 2.06 bits per heavy atom. The fraction of sp³-hybridized carbons (Fsp3) is 0.435. The summed E-state index contributed by atoms with van der Waals surface area (Å²) in [6, 6.07) is 4.87. The lowest BCUT2D eigenvalue weighted by atomic mass is 9.97. The first-order valence-corrected chi connectivity index (χ1v) is 12.5. The Hall–Kier alpha value is -2.98. The van der Waals surface area contributed by atoms with E-state index in [1.807, 2.05) is 19.1 Å². The van der Waals surface area contributed by atoms with Crippen LogP contribution in [0.5, 0.6) is 0 Å². The number of halogens is 1. The molecule has 1 aliphatic rings. The number of nitrogens with zero attached hydrogens (tertiary/aromatic N) is 4. The number of nitrogens with one attached hydrogen (secondary N) is 3. The summed E-state index contributed by atoms with van der Waals surface area (Å²) >= 11 is 7.42. The molecule has 180 valence electrons. The summed E-state index contributed by atoms with van der Waals surface area (Å²) in [7, 11) is 1.73. The summed E-state index contributed by atoms with van der Waals surface area (Å²) in [4.78, 5) is 35.8. The van der Waals surface area contributed by atoms with Crippen molar-refractivity contribution in [2.24, 2.45) is 13.0 Å². The van der Waals surface area contributed by atoms with Crippen molar-refractivity contribution in [3.8, 4) is 0 Å². The summed E-state index contributed by atoms with van der Waals surface area (Å²) in [5, 5.41) is 13.6. The van der Waals surface area contributed by atoms with E-state index in [4.69, 9.17) is 11.6 Å². The minimum Gasteiger partial charge on any atom is -0.379 e. The molecule has 3 aromatic heterocycles. The van der Waals surface area contributed by atoms with Crippen LogP contribution < -0.4 is 16.0 Å². The molecule has 1 atom stereocenters. The minimum atomic E-state index is -0.650. The lowest BCUT2D eigenvalue weighted by Crippen LogP contribution is -2.44. The van der Waals surface area contributed by atoms with Gasteiger partial charge in [-0.15, -0.1) is 16.4 Å². The number of aryl methyl sites for hydroxylation is 2. The third-order valence-corrected chi connectivity index (χ3v) is 7.18. The Bertz CT molecular complexity index is 1160. The van der Waals surface area contributed by atoms with Gasteiger partial charge in [-0.3, -0.25) is 24.6 Å². The van der Waals surface area contributed by atoms with Crippen molar-refractivity contribution in [3.63, 3.8) is 0 Å².